The Morgan fingerprint density at radius 1 is 1.10 bits per heavy atom. The van der Waals surface area contributed by atoms with Gasteiger partial charge in [-0.2, -0.15) is 0 Å². The molecular formula is C23H26N4O4. The lowest BCUT2D eigenvalue weighted by Crippen LogP contribution is -2.51. The van der Waals surface area contributed by atoms with Gasteiger partial charge in [0, 0.05) is 24.0 Å². The summed E-state index contributed by atoms with van der Waals surface area (Å²) in [6.07, 6.45) is 6.99. The SMILES string of the molecule is Cc1cc2cc3c(cc2n2c(=O)n(CC(=O)N4CCCC5CCCCC54)nc12)OCO3. The van der Waals surface area contributed by atoms with Crippen LogP contribution in [-0.2, 0) is 11.3 Å². The van der Waals surface area contributed by atoms with Gasteiger partial charge in [0.05, 0.1) is 5.52 Å². The van der Waals surface area contributed by atoms with Crippen molar-refractivity contribution in [1.82, 2.24) is 19.1 Å². The quantitative estimate of drug-likeness (QED) is 0.635. The minimum atomic E-state index is -0.298. The topological polar surface area (TPSA) is 78.1 Å². The van der Waals surface area contributed by atoms with Crippen LogP contribution in [0.3, 0.4) is 0 Å². The summed E-state index contributed by atoms with van der Waals surface area (Å²) in [6, 6.07) is 6.01. The fourth-order valence-corrected chi connectivity index (χ4v) is 5.69. The van der Waals surface area contributed by atoms with Crippen molar-refractivity contribution in [2.24, 2.45) is 5.92 Å². The van der Waals surface area contributed by atoms with Crippen LogP contribution in [0.5, 0.6) is 11.5 Å². The molecule has 3 aliphatic rings. The molecule has 6 rings (SSSR count). The van der Waals surface area contributed by atoms with E-state index in [1.54, 1.807) is 4.40 Å². The summed E-state index contributed by atoms with van der Waals surface area (Å²) in [5, 5.41) is 5.42. The lowest BCUT2D eigenvalue weighted by Gasteiger charge is -2.44. The molecule has 162 valence electrons. The van der Waals surface area contributed by atoms with Gasteiger partial charge in [-0.25, -0.2) is 13.9 Å². The van der Waals surface area contributed by atoms with Gasteiger partial charge in [0.1, 0.15) is 6.54 Å². The van der Waals surface area contributed by atoms with Crippen LogP contribution in [0, 0.1) is 12.8 Å². The highest BCUT2D eigenvalue weighted by molar-refractivity contribution is 5.87. The number of piperidine rings is 1. The summed E-state index contributed by atoms with van der Waals surface area (Å²) in [5.74, 6) is 1.90. The molecule has 1 saturated carbocycles. The minimum absolute atomic E-state index is 0.00156. The molecule has 1 aliphatic carbocycles. The molecule has 0 radical (unpaired) electrons. The second kappa shape index (κ2) is 7.00. The number of amides is 1. The molecule has 0 spiro atoms. The molecule has 0 bridgehead atoms. The third kappa shape index (κ3) is 2.91. The number of rotatable bonds is 2. The molecule has 2 aliphatic heterocycles. The minimum Gasteiger partial charge on any atom is -0.454 e. The number of carbonyl (C=O) groups excluding carboxylic acids is 1. The molecule has 2 unspecified atom stereocenters. The Labute approximate surface area is 179 Å². The van der Waals surface area contributed by atoms with Gasteiger partial charge in [-0.1, -0.05) is 12.8 Å². The summed E-state index contributed by atoms with van der Waals surface area (Å²) in [6.45, 7) is 2.87. The van der Waals surface area contributed by atoms with Crippen molar-refractivity contribution in [3.8, 4) is 11.5 Å². The summed E-state index contributed by atoms with van der Waals surface area (Å²) in [5.41, 5.74) is 1.85. The average Bonchev–Trinajstić information content (AvgIpc) is 3.36. The number of pyridine rings is 1. The number of fused-ring (bicyclic) bond motifs is 5. The van der Waals surface area contributed by atoms with Crippen molar-refractivity contribution >= 4 is 22.5 Å². The summed E-state index contributed by atoms with van der Waals surface area (Å²) < 4.78 is 13.9. The number of ether oxygens (including phenoxy) is 2. The van der Waals surface area contributed by atoms with E-state index in [0.29, 0.717) is 34.6 Å². The maximum atomic E-state index is 13.3. The standard InChI is InChI=1S/C23H26N4O4/c1-14-9-16-10-19-20(31-13-30-19)11-18(16)27-22(14)24-26(23(27)29)12-21(28)25-8-4-6-15-5-2-3-7-17(15)25/h9-11,15,17H,2-8,12-13H2,1H3. The van der Waals surface area contributed by atoms with E-state index in [4.69, 9.17) is 9.47 Å². The van der Waals surface area contributed by atoms with Gasteiger partial charge in [-0.05, 0) is 56.2 Å². The molecule has 2 atom stereocenters. The van der Waals surface area contributed by atoms with Crippen LogP contribution in [0.25, 0.3) is 16.6 Å². The Morgan fingerprint density at radius 2 is 1.87 bits per heavy atom. The lowest BCUT2D eigenvalue weighted by atomic mass is 9.78. The Morgan fingerprint density at radius 3 is 2.74 bits per heavy atom. The van der Waals surface area contributed by atoms with Crippen LogP contribution < -0.4 is 15.2 Å². The first-order valence-electron chi connectivity index (χ1n) is 11.2. The van der Waals surface area contributed by atoms with E-state index >= 15 is 0 Å². The predicted molar refractivity (Wildman–Crippen MR) is 115 cm³/mol. The fourth-order valence-electron chi connectivity index (χ4n) is 5.69. The summed E-state index contributed by atoms with van der Waals surface area (Å²) >= 11 is 0. The lowest BCUT2D eigenvalue weighted by molar-refractivity contribution is -0.138. The molecule has 8 heteroatoms. The Kier molecular flexibility index (Phi) is 4.23. The molecular weight excluding hydrogens is 396 g/mol. The van der Waals surface area contributed by atoms with E-state index in [2.05, 4.69) is 5.10 Å². The second-order valence-electron chi connectivity index (χ2n) is 9.03. The third-order valence-corrected chi connectivity index (χ3v) is 7.18. The van der Waals surface area contributed by atoms with Crippen molar-refractivity contribution in [2.75, 3.05) is 13.3 Å². The molecule has 2 aromatic heterocycles. The Balaban J connectivity index is 1.39. The number of nitrogens with zero attached hydrogens (tertiary/aromatic N) is 4. The largest absolute Gasteiger partial charge is 0.454 e. The molecule has 0 N–H and O–H groups in total. The molecule has 8 nitrogen and oxygen atoms in total. The maximum Gasteiger partial charge on any atom is 0.351 e. The van der Waals surface area contributed by atoms with E-state index in [1.165, 1.54) is 30.4 Å². The highest BCUT2D eigenvalue weighted by Crippen LogP contribution is 2.37. The van der Waals surface area contributed by atoms with E-state index in [1.807, 2.05) is 30.0 Å². The summed E-state index contributed by atoms with van der Waals surface area (Å²) in [7, 11) is 0. The average molecular weight is 422 g/mol. The smallest absolute Gasteiger partial charge is 0.351 e. The second-order valence-corrected chi connectivity index (χ2v) is 9.03. The van der Waals surface area contributed by atoms with Crippen molar-refractivity contribution < 1.29 is 14.3 Å². The van der Waals surface area contributed by atoms with Gasteiger partial charge in [-0.15, -0.1) is 5.10 Å². The molecule has 1 amide bonds. The van der Waals surface area contributed by atoms with Gasteiger partial charge in [0.2, 0.25) is 12.7 Å². The van der Waals surface area contributed by atoms with Crippen molar-refractivity contribution in [3.05, 3.63) is 34.2 Å². The number of carbonyl (C=O) groups is 1. The van der Waals surface area contributed by atoms with Crippen LogP contribution >= 0.6 is 0 Å². The van der Waals surface area contributed by atoms with Gasteiger partial charge >= 0.3 is 5.69 Å². The number of hydrogen-bond donors (Lipinski definition) is 0. The number of aryl methyl sites for hydroxylation is 1. The molecule has 4 heterocycles. The van der Waals surface area contributed by atoms with Crippen LogP contribution in [0.2, 0.25) is 0 Å². The van der Waals surface area contributed by atoms with E-state index in [9.17, 15) is 9.59 Å². The zero-order chi connectivity index (χ0) is 21.1. The maximum absolute atomic E-state index is 13.3. The Bertz CT molecular complexity index is 1260. The van der Waals surface area contributed by atoms with E-state index in [-0.39, 0.29) is 24.9 Å². The molecule has 1 saturated heterocycles. The van der Waals surface area contributed by atoms with Gasteiger partial charge < -0.3 is 14.4 Å². The van der Waals surface area contributed by atoms with Crippen molar-refractivity contribution in [1.29, 1.82) is 0 Å². The predicted octanol–water partition coefficient (Wildman–Crippen LogP) is 2.87. The first-order valence-corrected chi connectivity index (χ1v) is 11.2. The summed E-state index contributed by atoms with van der Waals surface area (Å²) in [4.78, 5) is 28.6. The first kappa shape index (κ1) is 18.7. The highest BCUT2D eigenvalue weighted by atomic mass is 16.7. The van der Waals surface area contributed by atoms with Crippen molar-refractivity contribution in [3.63, 3.8) is 0 Å². The normalized spacial score (nSPS) is 22.8. The van der Waals surface area contributed by atoms with E-state index in [0.717, 1.165) is 30.3 Å². The van der Waals surface area contributed by atoms with Crippen LogP contribution in [0.15, 0.2) is 23.0 Å². The number of aromatic nitrogens is 3. The number of hydrogen-bond acceptors (Lipinski definition) is 5. The molecule has 1 aromatic carbocycles. The number of benzene rings is 1. The zero-order valence-electron chi connectivity index (χ0n) is 17.7. The fraction of sp³-hybridized carbons (Fsp3) is 0.522. The molecule has 2 fully saturated rings. The van der Waals surface area contributed by atoms with Gasteiger partial charge in [-0.3, -0.25) is 4.79 Å². The van der Waals surface area contributed by atoms with Crippen LogP contribution in [0.1, 0.15) is 44.1 Å². The van der Waals surface area contributed by atoms with Gasteiger partial charge in [0.15, 0.2) is 17.1 Å². The third-order valence-electron chi connectivity index (χ3n) is 7.18. The van der Waals surface area contributed by atoms with Gasteiger partial charge in [0.25, 0.3) is 0 Å². The number of likely N-dealkylation sites (tertiary alicyclic amines) is 1. The zero-order valence-corrected chi connectivity index (χ0v) is 17.7. The van der Waals surface area contributed by atoms with E-state index < -0.39 is 0 Å². The molecule has 31 heavy (non-hydrogen) atoms. The van der Waals surface area contributed by atoms with Crippen molar-refractivity contribution in [2.45, 2.75) is 58.0 Å². The monoisotopic (exact) mass is 422 g/mol. The first-order chi connectivity index (χ1) is 15.1. The van der Waals surface area contributed by atoms with Crippen LogP contribution in [-0.4, -0.2) is 44.4 Å². The van der Waals surface area contributed by atoms with Crippen LogP contribution in [0.4, 0.5) is 0 Å². The molecule has 3 aromatic rings. The Hall–Kier alpha value is -3.03. The highest BCUT2D eigenvalue weighted by Gasteiger charge is 2.36.